The summed E-state index contributed by atoms with van der Waals surface area (Å²) < 4.78 is 10.8. The molecular weight excluding hydrogens is 302 g/mol. The second-order valence-corrected chi connectivity index (χ2v) is 5.13. The van der Waals surface area contributed by atoms with Crippen molar-refractivity contribution in [1.82, 2.24) is 0 Å². The van der Waals surface area contributed by atoms with Crippen molar-refractivity contribution in [3.63, 3.8) is 0 Å². The Morgan fingerprint density at radius 3 is 2.45 bits per heavy atom. The Kier molecular flexibility index (Phi) is 5.67. The highest BCUT2D eigenvalue weighted by Crippen LogP contribution is 2.20. The molecule has 0 aliphatic heterocycles. The number of hydrogen-bond donors (Lipinski definition) is 1. The maximum atomic E-state index is 12.3. The molecule has 5 heteroatoms. The van der Waals surface area contributed by atoms with Crippen molar-refractivity contribution in [2.75, 3.05) is 12.4 Å². The molecule has 0 radical (unpaired) electrons. The Hall–Kier alpha value is -2.20. The van der Waals surface area contributed by atoms with E-state index in [0.717, 1.165) is 5.75 Å². The molecule has 22 heavy (non-hydrogen) atoms. The lowest BCUT2D eigenvalue weighted by molar-refractivity contribution is -0.122. The Bertz CT molecular complexity index is 628. The Morgan fingerprint density at radius 2 is 1.86 bits per heavy atom. The Labute approximate surface area is 135 Å². The zero-order chi connectivity index (χ0) is 15.9. The van der Waals surface area contributed by atoms with E-state index in [1.165, 1.54) is 0 Å². The van der Waals surface area contributed by atoms with E-state index < -0.39 is 6.10 Å². The number of ether oxygens (including phenoxy) is 2. The Balaban J connectivity index is 2.02. The first-order chi connectivity index (χ1) is 10.6. The predicted molar refractivity (Wildman–Crippen MR) is 87.8 cm³/mol. The van der Waals surface area contributed by atoms with Crippen LogP contribution in [0.1, 0.15) is 13.3 Å². The molecule has 0 aromatic heterocycles. The van der Waals surface area contributed by atoms with Crippen LogP contribution >= 0.6 is 11.6 Å². The standard InChI is InChI=1S/C17H18ClNO3/c1-3-16(22-15-9-7-14(21-2)8-10-15)17(20)19-13-6-4-5-12(18)11-13/h4-11,16H,3H2,1-2H3,(H,19,20). The van der Waals surface area contributed by atoms with E-state index in [2.05, 4.69) is 5.32 Å². The summed E-state index contributed by atoms with van der Waals surface area (Å²) >= 11 is 5.91. The van der Waals surface area contributed by atoms with E-state index >= 15 is 0 Å². The fourth-order valence-electron chi connectivity index (χ4n) is 1.93. The summed E-state index contributed by atoms with van der Waals surface area (Å²) in [5.74, 6) is 1.15. The van der Waals surface area contributed by atoms with Gasteiger partial charge in [-0.05, 0) is 48.9 Å². The molecule has 0 heterocycles. The molecule has 2 aromatic rings. The molecule has 116 valence electrons. The summed E-state index contributed by atoms with van der Waals surface area (Å²) in [7, 11) is 1.60. The third-order valence-corrected chi connectivity index (χ3v) is 3.33. The van der Waals surface area contributed by atoms with Crippen LogP contribution in [-0.4, -0.2) is 19.1 Å². The molecule has 2 rings (SSSR count). The minimum atomic E-state index is -0.577. The highest BCUT2D eigenvalue weighted by atomic mass is 35.5. The van der Waals surface area contributed by atoms with E-state index in [0.29, 0.717) is 22.9 Å². The largest absolute Gasteiger partial charge is 0.497 e. The van der Waals surface area contributed by atoms with Crippen molar-refractivity contribution < 1.29 is 14.3 Å². The van der Waals surface area contributed by atoms with Crippen LogP contribution in [0.4, 0.5) is 5.69 Å². The molecule has 0 saturated carbocycles. The molecule has 0 bridgehead atoms. The molecule has 1 atom stereocenters. The number of hydrogen-bond acceptors (Lipinski definition) is 3. The van der Waals surface area contributed by atoms with E-state index in [9.17, 15) is 4.79 Å². The van der Waals surface area contributed by atoms with Gasteiger partial charge in [-0.1, -0.05) is 24.6 Å². The molecule has 1 unspecified atom stereocenters. The Morgan fingerprint density at radius 1 is 1.18 bits per heavy atom. The van der Waals surface area contributed by atoms with Crippen LogP contribution in [0.15, 0.2) is 48.5 Å². The van der Waals surface area contributed by atoms with Crippen molar-refractivity contribution in [1.29, 1.82) is 0 Å². The molecule has 4 nitrogen and oxygen atoms in total. The van der Waals surface area contributed by atoms with Crippen molar-refractivity contribution in [3.8, 4) is 11.5 Å². The third kappa shape index (κ3) is 4.40. The number of methoxy groups -OCH3 is 1. The van der Waals surface area contributed by atoms with Gasteiger partial charge in [0, 0.05) is 10.7 Å². The summed E-state index contributed by atoms with van der Waals surface area (Å²) in [6.45, 7) is 1.89. The van der Waals surface area contributed by atoms with E-state index in [1.807, 2.05) is 6.92 Å². The summed E-state index contributed by atoms with van der Waals surface area (Å²) in [6.07, 6.45) is -0.0225. The third-order valence-electron chi connectivity index (χ3n) is 3.09. The van der Waals surface area contributed by atoms with Crippen LogP contribution in [-0.2, 0) is 4.79 Å². The number of halogens is 1. The minimum absolute atomic E-state index is 0.208. The number of amides is 1. The number of carbonyl (C=O) groups excluding carboxylic acids is 1. The van der Waals surface area contributed by atoms with Crippen molar-refractivity contribution in [2.45, 2.75) is 19.4 Å². The maximum absolute atomic E-state index is 12.3. The van der Waals surface area contributed by atoms with Gasteiger partial charge in [0.25, 0.3) is 5.91 Å². The highest BCUT2D eigenvalue weighted by Gasteiger charge is 2.18. The summed E-state index contributed by atoms with van der Waals surface area (Å²) in [5, 5.41) is 3.37. The zero-order valence-electron chi connectivity index (χ0n) is 12.5. The average molecular weight is 320 g/mol. The van der Waals surface area contributed by atoms with Gasteiger partial charge in [-0.25, -0.2) is 0 Å². The summed E-state index contributed by atoms with van der Waals surface area (Å²) in [4.78, 5) is 12.3. The second-order valence-electron chi connectivity index (χ2n) is 4.69. The monoisotopic (exact) mass is 319 g/mol. The molecule has 2 aromatic carbocycles. The second kappa shape index (κ2) is 7.71. The summed E-state index contributed by atoms with van der Waals surface area (Å²) in [5.41, 5.74) is 0.647. The fraction of sp³-hybridized carbons (Fsp3) is 0.235. The lowest BCUT2D eigenvalue weighted by atomic mass is 10.2. The van der Waals surface area contributed by atoms with E-state index in [4.69, 9.17) is 21.1 Å². The normalized spacial score (nSPS) is 11.6. The first-order valence-corrected chi connectivity index (χ1v) is 7.37. The first-order valence-electron chi connectivity index (χ1n) is 6.99. The number of nitrogens with one attached hydrogen (secondary N) is 1. The molecule has 1 amide bonds. The van der Waals surface area contributed by atoms with Gasteiger partial charge in [0.1, 0.15) is 11.5 Å². The quantitative estimate of drug-likeness (QED) is 0.870. The van der Waals surface area contributed by atoms with Crippen molar-refractivity contribution >= 4 is 23.2 Å². The molecule has 1 N–H and O–H groups in total. The first kappa shape index (κ1) is 16.2. The molecule has 0 aliphatic rings. The van der Waals surface area contributed by atoms with Crippen LogP contribution in [0.5, 0.6) is 11.5 Å². The van der Waals surface area contributed by atoms with Gasteiger partial charge >= 0.3 is 0 Å². The predicted octanol–water partition coefficient (Wildman–Crippen LogP) is 4.14. The number of benzene rings is 2. The van der Waals surface area contributed by atoms with Gasteiger partial charge in [0.2, 0.25) is 0 Å². The van der Waals surface area contributed by atoms with E-state index in [1.54, 1.807) is 55.6 Å². The lowest BCUT2D eigenvalue weighted by Gasteiger charge is -2.17. The maximum Gasteiger partial charge on any atom is 0.265 e. The van der Waals surface area contributed by atoms with Gasteiger partial charge in [-0.3, -0.25) is 4.79 Å². The molecular formula is C17H18ClNO3. The van der Waals surface area contributed by atoms with Gasteiger partial charge in [0.05, 0.1) is 7.11 Å². The molecule has 0 saturated heterocycles. The van der Waals surface area contributed by atoms with Gasteiger partial charge in [-0.2, -0.15) is 0 Å². The number of rotatable bonds is 6. The number of anilines is 1. The van der Waals surface area contributed by atoms with Gasteiger partial charge < -0.3 is 14.8 Å². The van der Waals surface area contributed by atoms with E-state index in [-0.39, 0.29) is 5.91 Å². The molecule has 0 fully saturated rings. The minimum Gasteiger partial charge on any atom is -0.497 e. The van der Waals surface area contributed by atoms with Crippen LogP contribution in [0.25, 0.3) is 0 Å². The van der Waals surface area contributed by atoms with Crippen LogP contribution in [0.2, 0.25) is 5.02 Å². The molecule has 0 aliphatic carbocycles. The fourth-order valence-corrected chi connectivity index (χ4v) is 2.12. The SMILES string of the molecule is CCC(Oc1ccc(OC)cc1)C(=O)Nc1cccc(Cl)c1. The van der Waals surface area contributed by atoms with Gasteiger partial charge in [0.15, 0.2) is 6.10 Å². The zero-order valence-corrected chi connectivity index (χ0v) is 13.3. The van der Waals surface area contributed by atoms with Crippen LogP contribution in [0, 0.1) is 0 Å². The topological polar surface area (TPSA) is 47.6 Å². The smallest absolute Gasteiger partial charge is 0.265 e. The number of carbonyl (C=O) groups is 1. The summed E-state index contributed by atoms with van der Waals surface area (Å²) in [6, 6.07) is 14.1. The van der Waals surface area contributed by atoms with Crippen LogP contribution < -0.4 is 14.8 Å². The van der Waals surface area contributed by atoms with Gasteiger partial charge in [-0.15, -0.1) is 0 Å². The lowest BCUT2D eigenvalue weighted by Crippen LogP contribution is -2.32. The van der Waals surface area contributed by atoms with Crippen molar-refractivity contribution in [3.05, 3.63) is 53.6 Å². The highest BCUT2D eigenvalue weighted by molar-refractivity contribution is 6.30. The average Bonchev–Trinajstić information content (AvgIpc) is 2.53. The molecule has 0 spiro atoms. The van der Waals surface area contributed by atoms with Crippen molar-refractivity contribution in [2.24, 2.45) is 0 Å². The van der Waals surface area contributed by atoms with Crippen LogP contribution in [0.3, 0.4) is 0 Å².